The Morgan fingerprint density at radius 3 is 3.00 bits per heavy atom. The van der Waals surface area contributed by atoms with Gasteiger partial charge in [0.15, 0.2) is 0 Å². The van der Waals surface area contributed by atoms with E-state index in [1.807, 2.05) is 13.1 Å². The van der Waals surface area contributed by atoms with Gasteiger partial charge in [0, 0.05) is 18.0 Å². The van der Waals surface area contributed by atoms with Crippen LogP contribution in [0, 0.1) is 5.92 Å². The number of rotatable bonds is 7. The summed E-state index contributed by atoms with van der Waals surface area (Å²) in [5.74, 6) is 1.40. The van der Waals surface area contributed by atoms with Crippen LogP contribution in [0.25, 0.3) is 0 Å². The van der Waals surface area contributed by atoms with E-state index in [1.54, 1.807) is 11.8 Å². The molecule has 3 nitrogen and oxygen atoms in total. The molecule has 0 aromatic heterocycles. The van der Waals surface area contributed by atoms with Gasteiger partial charge in [-0.25, -0.2) is 0 Å². The highest BCUT2D eigenvalue weighted by atomic mass is 32.2. The lowest BCUT2D eigenvalue weighted by Crippen LogP contribution is -2.27. The van der Waals surface area contributed by atoms with Crippen LogP contribution in [0.1, 0.15) is 18.4 Å². The Morgan fingerprint density at radius 1 is 1.44 bits per heavy atom. The molecular formula is C14H20N2OS. The molecule has 1 amide bonds. The van der Waals surface area contributed by atoms with Crippen molar-refractivity contribution in [2.45, 2.75) is 24.3 Å². The van der Waals surface area contributed by atoms with Crippen molar-refractivity contribution >= 4 is 17.7 Å². The second-order valence-corrected chi connectivity index (χ2v) is 5.76. The van der Waals surface area contributed by atoms with Crippen molar-refractivity contribution in [1.82, 2.24) is 10.6 Å². The number of hydrogen-bond donors (Lipinski definition) is 2. The van der Waals surface area contributed by atoms with Crippen LogP contribution in [0.4, 0.5) is 0 Å². The zero-order valence-corrected chi connectivity index (χ0v) is 11.6. The molecule has 0 heterocycles. The topological polar surface area (TPSA) is 41.1 Å². The lowest BCUT2D eigenvalue weighted by atomic mass is 10.2. The van der Waals surface area contributed by atoms with Crippen molar-refractivity contribution in [3.63, 3.8) is 0 Å². The summed E-state index contributed by atoms with van der Waals surface area (Å²) >= 11 is 1.60. The molecule has 0 atom stereocenters. The minimum atomic E-state index is 0.144. The van der Waals surface area contributed by atoms with E-state index in [-0.39, 0.29) is 5.91 Å². The molecule has 2 rings (SSSR count). The maximum absolute atomic E-state index is 11.6. The summed E-state index contributed by atoms with van der Waals surface area (Å²) in [4.78, 5) is 12.8. The summed E-state index contributed by atoms with van der Waals surface area (Å²) in [7, 11) is 1.94. The van der Waals surface area contributed by atoms with Gasteiger partial charge in [0.1, 0.15) is 0 Å². The van der Waals surface area contributed by atoms with E-state index in [2.05, 4.69) is 28.8 Å². The van der Waals surface area contributed by atoms with Crippen LogP contribution < -0.4 is 10.6 Å². The number of carbonyl (C=O) groups is 1. The van der Waals surface area contributed by atoms with Crippen LogP contribution >= 0.6 is 11.8 Å². The second kappa shape index (κ2) is 6.81. The van der Waals surface area contributed by atoms with Crippen LogP contribution in [-0.2, 0) is 11.3 Å². The molecule has 1 aromatic carbocycles. The van der Waals surface area contributed by atoms with Crippen molar-refractivity contribution < 1.29 is 4.79 Å². The molecule has 1 aliphatic carbocycles. The van der Waals surface area contributed by atoms with Gasteiger partial charge in [0.2, 0.25) is 5.91 Å². The summed E-state index contributed by atoms with van der Waals surface area (Å²) in [5.41, 5.74) is 1.25. The van der Waals surface area contributed by atoms with Gasteiger partial charge in [-0.3, -0.25) is 4.79 Å². The third-order valence-corrected chi connectivity index (χ3v) is 3.93. The van der Waals surface area contributed by atoms with Crippen LogP contribution in [0.3, 0.4) is 0 Å². The molecule has 1 aliphatic rings. The fourth-order valence-corrected chi connectivity index (χ4v) is 2.54. The fourth-order valence-electron chi connectivity index (χ4n) is 1.73. The first kappa shape index (κ1) is 13.4. The lowest BCUT2D eigenvalue weighted by molar-refractivity contribution is -0.118. The summed E-state index contributed by atoms with van der Waals surface area (Å²) in [6.07, 6.45) is 2.55. The molecule has 18 heavy (non-hydrogen) atoms. The summed E-state index contributed by atoms with van der Waals surface area (Å²) in [6, 6.07) is 8.32. The third kappa shape index (κ3) is 4.70. The maximum Gasteiger partial charge on any atom is 0.230 e. The third-order valence-electron chi connectivity index (χ3n) is 2.93. The molecular weight excluding hydrogens is 244 g/mol. The predicted molar refractivity (Wildman–Crippen MR) is 75.7 cm³/mol. The van der Waals surface area contributed by atoms with Crippen molar-refractivity contribution in [1.29, 1.82) is 0 Å². The lowest BCUT2D eigenvalue weighted by Gasteiger charge is -2.06. The van der Waals surface area contributed by atoms with E-state index in [1.165, 1.54) is 18.4 Å². The first-order valence-electron chi connectivity index (χ1n) is 6.41. The summed E-state index contributed by atoms with van der Waals surface area (Å²) in [5, 5.41) is 6.11. The predicted octanol–water partition coefficient (Wildman–Crippen LogP) is 2.02. The van der Waals surface area contributed by atoms with E-state index < -0.39 is 0 Å². The van der Waals surface area contributed by atoms with Gasteiger partial charge in [-0.15, -0.1) is 11.8 Å². The average Bonchev–Trinajstić information content (AvgIpc) is 3.19. The minimum absolute atomic E-state index is 0.144. The quantitative estimate of drug-likeness (QED) is 0.740. The second-order valence-electron chi connectivity index (χ2n) is 4.71. The van der Waals surface area contributed by atoms with E-state index in [4.69, 9.17) is 0 Å². The fraction of sp³-hybridized carbons (Fsp3) is 0.500. The Bertz CT molecular complexity index is 405. The highest BCUT2D eigenvalue weighted by molar-refractivity contribution is 8.00. The normalized spacial score (nSPS) is 14.5. The smallest absolute Gasteiger partial charge is 0.230 e. The van der Waals surface area contributed by atoms with Crippen molar-refractivity contribution in [2.75, 3.05) is 19.3 Å². The Hall–Kier alpha value is -1.00. The molecule has 0 radical (unpaired) electrons. The monoisotopic (exact) mass is 264 g/mol. The molecule has 0 unspecified atom stereocenters. The molecule has 0 bridgehead atoms. The SMILES string of the molecule is CNCc1cccc(SCC(=O)NCC2CC2)c1. The molecule has 0 saturated heterocycles. The zero-order chi connectivity index (χ0) is 12.8. The highest BCUT2D eigenvalue weighted by Crippen LogP contribution is 2.27. The molecule has 1 aromatic rings. The molecule has 2 N–H and O–H groups in total. The summed E-state index contributed by atoms with van der Waals surface area (Å²) in [6.45, 7) is 1.72. The summed E-state index contributed by atoms with van der Waals surface area (Å²) < 4.78 is 0. The molecule has 1 fully saturated rings. The van der Waals surface area contributed by atoms with Gasteiger partial charge in [-0.2, -0.15) is 0 Å². The zero-order valence-electron chi connectivity index (χ0n) is 10.7. The molecule has 0 aliphatic heterocycles. The van der Waals surface area contributed by atoms with Crippen LogP contribution in [0.15, 0.2) is 29.2 Å². The van der Waals surface area contributed by atoms with Gasteiger partial charge in [0.25, 0.3) is 0 Å². The average molecular weight is 264 g/mol. The molecule has 1 saturated carbocycles. The number of hydrogen-bond acceptors (Lipinski definition) is 3. The van der Waals surface area contributed by atoms with E-state index in [9.17, 15) is 4.79 Å². The Balaban J connectivity index is 1.73. The standard InChI is InChI=1S/C14H20N2OS/c1-15-8-12-3-2-4-13(7-12)18-10-14(17)16-9-11-5-6-11/h2-4,7,11,15H,5-6,8-10H2,1H3,(H,16,17). The van der Waals surface area contributed by atoms with Crippen LogP contribution in [0.5, 0.6) is 0 Å². The number of benzene rings is 1. The first-order valence-corrected chi connectivity index (χ1v) is 7.39. The highest BCUT2D eigenvalue weighted by Gasteiger charge is 2.21. The van der Waals surface area contributed by atoms with Gasteiger partial charge in [0.05, 0.1) is 5.75 Å². The van der Waals surface area contributed by atoms with E-state index in [0.717, 1.165) is 23.9 Å². The van der Waals surface area contributed by atoms with E-state index in [0.29, 0.717) is 5.75 Å². The van der Waals surface area contributed by atoms with Crippen molar-refractivity contribution in [2.24, 2.45) is 5.92 Å². The van der Waals surface area contributed by atoms with Gasteiger partial charge in [-0.1, -0.05) is 12.1 Å². The minimum Gasteiger partial charge on any atom is -0.355 e. The number of thioether (sulfide) groups is 1. The largest absolute Gasteiger partial charge is 0.355 e. The first-order chi connectivity index (χ1) is 8.78. The van der Waals surface area contributed by atoms with Gasteiger partial charge in [-0.05, 0) is 43.5 Å². The Morgan fingerprint density at radius 2 is 2.28 bits per heavy atom. The molecule has 0 spiro atoms. The number of nitrogens with one attached hydrogen (secondary N) is 2. The Labute approximate surface area is 113 Å². The number of carbonyl (C=O) groups excluding carboxylic acids is 1. The van der Waals surface area contributed by atoms with Gasteiger partial charge >= 0.3 is 0 Å². The van der Waals surface area contributed by atoms with Gasteiger partial charge < -0.3 is 10.6 Å². The van der Waals surface area contributed by atoms with Crippen molar-refractivity contribution in [3.8, 4) is 0 Å². The molecule has 98 valence electrons. The van der Waals surface area contributed by atoms with Crippen LogP contribution in [-0.4, -0.2) is 25.3 Å². The van der Waals surface area contributed by atoms with Crippen LogP contribution in [0.2, 0.25) is 0 Å². The number of amides is 1. The van der Waals surface area contributed by atoms with Crippen molar-refractivity contribution in [3.05, 3.63) is 29.8 Å². The Kier molecular flexibility index (Phi) is 5.08. The van der Waals surface area contributed by atoms with E-state index >= 15 is 0 Å². The molecule has 4 heteroatoms. The maximum atomic E-state index is 11.6.